The Balaban J connectivity index is 2.45. The van der Waals surface area contributed by atoms with Gasteiger partial charge in [0.1, 0.15) is 11.6 Å². The summed E-state index contributed by atoms with van der Waals surface area (Å²) < 4.78 is 7.28. The van der Waals surface area contributed by atoms with E-state index in [0.717, 1.165) is 22.8 Å². The highest BCUT2D eigenvalue weighted by atomic mass is 16.5. The molecule has 0 aliphatic rings. The Bertz CT molecular complexity index is 497. The van der Waals surface area contributed by atoms with E-state index in [1.54, 1.807) is 7.11 Å². The van der Waals surface area contributed by atoms with Crippen LogP contribution in [0.5, 0.6) is 5.75 Å². The van der Waals surface area contributed by atoms with Crippen molar-refractivity contribution in [1.82, 2.24) is 4.57 Å². The lowest BCUT2D eigenvalue weighted by atomic mass is 10.1. The normalized spacial score (nSPS) is 10.8. The Labute approximate surface area is 102 Å². The zero-order valence-corrected chi connectivity index (χ0v) is 10.5. The summed E-state index contributed by atoms with van der Waals surface area (Å²) in [6.07, 6.45) is 0. The number of hydrogen-bond donors (Lipinski definition) is 1. The van der Waals surface area contributed by atoms with Gasteiger partial charge in [-0.15, -0.1) is 0 Å². The molecule has 3 heteroatoms. The monoisotopic (exact) mass is 230 g/mol. The Kier molecular flexibility index (Phi) is 3.09. The molecule has 2 aromatic rings. The van der Waals surface area contributed by atoms with Crippen molar-refractivity contribution in [2.24, 2.45) is 0 Å². The van der Waals surface area contributed by atoms with E-state index >= 15 is 0 Å². The van der Waals surface area contributed by atoms with Crippen molar-refractivity contribution < 1.29 is 4.74 Å². The first-order valence-corrected chi connectivity index (χ1v) is 5.74. The number of anilines is 1. The first-order chi connectivity index (χ1) is 8.13. The second-order valence-electron chi connectivity index (χ2n) is 4.34. The predicted octanol–water partition coefficient (Wildman–Crippen LogP) is 3.33. The number of ether oxygens (including phenoxy) is 1. The summed E-state index contributed by atoms with van der Waals surface area (Å²) in [5.74, 6) is 1.66. The quantitative estimate of drug-likeness (QED) is 0.878. The summed E-state index contributed by atoms with van der Waals surface area (Å²) in [7, 11) is 1.67. The molecular weight excluding hydrogens is 212 g/mol. The molecule has 2 N–H and O–H groups in total. The summed E-state index contributed by atoms with van der Waals surface area (Å²) in [6.45, 7) is 4.26. The number of benzene rings is 1. The average molecular weight is 230 g/mol. The Morgan fingerprint density at radius 2 is 1.71 bits per heavy atom. The zero-order chi connectivity index (χ0) is 12.4. The van der Waals surface area contributed by atoms with Crippen LogP contribution in [0.4, 0.5) is 5.82 Å². The van der Waals surface area contributed by atoms with Gasteiger partial charge in [0.15, 0.2) is 0 Å². The van der Waals surface area contributed by atoms with Crippen LogP contribution >= 0.6 is 0 Å². The minimum absolute atomic E-state index is 0.349. The third-order valence-corrected chi connectivity index (χ3v) is 2.85. The van der Waals surface area contributed by atoms with Gasteiger partial charge in [-0.05, 0) is 55.8 Å². The van der Waals surface area contributed by atoms with E-state index in [9.17, 15) is 0 Å². The average Bonchev–Trinajstić information content (AvgIpc) is 2.71. The lowest BCUT2D eigenvalue weighted by molar-refractivity contribution is 0.415. The molecule has 0 aliphatic carbocycles. The number of hydrogen-bond acceptors (Lipinski definition) is 2. The van der Waals surface area contributed by atoms with Crippen molar-refractivity contribution in [3.05, 3.63) is 36.4 Å². The Morgan fingerprint density at radius 1 is 1.06 bits per heavy atom. The maximum atomic E-state index is 5.97. The summed E-state index contributed by atoms with van der Waals surface area (Å²) in [5.41, 5.74) is 8.26. The molecule has 0 saturated carbocycles. The summed E-state index contributed by atoms with van der Waals surface area (Å²) in [4.78, 5) is 0. The van der Waals surface area contributed by atoms with Crippen molar-refractivity contribution in [1.29, 1.82) is 0 Å². The molecule has 0 aliphatic heterocycles. The second kappa shape index (κ2) is 4.53. The second-order valence-corrected chi connectivity index (χ2v) is 4.34. The predicted molar refractivity (Wildman–Crippen MR) is 71.2 cm³/mol. The topological polar surface area (TPSA) is 40.2 Å². The van der Waals surface area contributed by atoms with Crippen molar-refractivity contribution in [2.45, 2.75) is 19.9 Å². The van der Waals surface area contributed by atoms with Crippen LogP contribution in [0.15, 0.2) is 36.4 Å². The van der Waals surface area contributed by atoms with E-state index in [1.165, 1.54) is 0 Å². The SMILES string of the molecule is COc1ccc(-c2ccc(N)n2C(C)C)cc1. The van der Waals surface area contributed by atoms with E-state index in [-0.39, 0.29) is 0 Å². The molecule has 0 saturated heterocycles. The molecule has 0 bridgehead atoms. The summed E-state index contributed by atoms with van der Waals surface area (Å²) in [6, 6.07) is 12.4. The minimum atomic E-state index is 0.349. The third kappa shape index (κ3) is 2.13. The van der Waals surface area contributed by atoms with Gasteiger partial charge in [-0.2, -0.15) is 0 Å². The Hall–Kier alpha value is -1.90. The van der Waals surface area contributed by atoms with Gasteiger partial charge in [-0.25, -0.2) is 0 Å². The molecular formula is C14H18N2O. The number of nitrogen functional groups attached to an aromatic ring is 1. The molecule has 1 aromatic heterocycles. The molecule has 0 radical (unpaired) electrons. The van der Waals surface area contributed by atoms with Gasteiger partial charge in [0, 0.05) is 11.7 Å². The lowest BCUT2D eigenvalue weighted by Gasteiger charge is -2.15. The molecule has 0 spiro atoms. The van der Waals surface area contributed by atoms with Crippen molar-refractivity contribution in [3.63, 3.8) is 0 Å². The fourth-order valence-electron chi connectivity index (χ4n) is 2.04. The van der Waals surface area contributed by atoms with Crippen LogP contribution < -0.4 is 10.5 Å². The highest BCUT2D eigenvalue weighted by Crippen LogP contribution is 2.28. The smallest absolute Gasteiger partial charge is 0.118 e. The standard InChI is InChI=1S/C14H18N2O/c1-10(2)16-13(8-9-14(16)15)11-4-6-12(17-3)7-5-11/h4-10H,15H2,1-3H3. The largest absolute Gasteiger partial charge is 0.497 e. The highest BCUT2D eigenvalue weighted by molar-refractivity contribution is 5.64. The summed E-state index contributed by atoms with van der Waals surface area (Å²) in [5, 5.41) is 0. The van der Waals surface area contributed by atoms with Gasteiger partial charge in [-0.1, -0.05) is 0 Å². The van der Waals surface area contributed by atoms with E-state index in [4.69, 9.17) is 10.5 Å². The van der Waals surface area contributed by atoms with Gasteiger partial charge >= 0.3 is 0 Å². The fraction of sp³-hybridized carbons (Fsp3) is 0.286. The maximum absolute atomic E-state index is 5.97. The molecule has 2 rings (SSSR count). The first kappa shape index (κ1) is 11.6. The molecule has 1 aromatic carbocycles. The summed E-state index contributed by atoms with van der Waals surface area (Å²) >= 11 is 0. The molecule has 3 nitrogen and oxygen atoms in total. The van der Waals surface area contributed by atoms with E-state index in [0.29, 0.717) is 6.04 Å². The third-order valence-electron chi connectivity index (χ3n) is 2.85. The molecule has 90 valence electrons. The number of aromatic nitrogens is 1. The first-order valence-electron chi connectivity index (χ1n) is 5.74. The Morgan fingerprint density at radius 3 is 2.24 bits per heavy atom. The molecule has 0 unspecified atom stereocenters. The molecule has 0 amide bonds. The van der Waals surface area contributed by atoms with Crippen LogP contribution in [-0.2, 0) is 0 Å². The number of nitrogens with two attached hydrogens (primary N) is 1. The lowest BCUT2D eigenvalue weighted by Crippen LogP contribution is -2.06. The van der Waals surface area contributed by atoms with Gasteiger partial charge in [-0.3, -0.25) is 0 Å². The highest BCUT2D eigenvalue weighted by Gasteiger charge is 2.10. The van der Waals surface area contributed by atoms with Gasteiger partial charge in [0.05, 0.1) is 7.11 Å². The molecule has 0 atom stereocenters. The van der Waals surface area contributed by atoms with Gasteiger partial charge < -0.3 is 15.0 Å². The fourth-order valence-corrected chi connectivity index (χ4v) is 2.04. The number of nitrogens with zero attached hydrogens (tertiary/aromatic N) is 1. The molecule has 1 heterocycles. The van der Waals surface area contributed by atoms with E-state index in [2.05, 4.69) is 24.5 Å². The molecule has 0 fully saturated rings. The van der Waals surface area contributed by atoms with Crippen molar-refractivity contribution in [2.75, 3.05) is 12.8 Å². The minimum Gasteiger partial charge on any atom is -0.497 e. The van der Waals surface area contributed by atoms with Crippen LogP contribution in [0, 0.1) is 0 Å². The van der Waals surface area contributed by atoms with Gasteiger partial charge in [0.25, 0.3) is 0 Å². The van der Waals surface area contributed by atoms with Crippen LogP contribution in [0.1, 0.15) is 19.9 Å². The van der Waals surface area contributed by atoms with Crippen LogP contribution in [0.3, 0.4) is 0 Å². The van der Waals surface area contributed by atoms with Gasteiger partial charge in [0.2, 0.25) is 0 Å². The van der Waals surface area contributed by atoms with Crippen LogP contribution in [-0.4, -0.2) is 11.7 Å². The van der Waals surface area contributed by atoms with Crippen molar-refractivity contribution >= 4 is 5.82 Å². The number of methoxy groups -OCH3 is 1. The zero-order valence-electron chi connectivity index (χ0n) is 10.5. The van der Waals surface area contributed by atoms with Crippen LogP contribution in [0.2, 0.25) is 0 Å². The maximum Gasteiger partial charge on any atom is 0.118 e. The van der Waals surface area contributed by atoms with E-state index < -0.39 is 0 Å². The molecule has 17 heavy (non-hydrogen) atoms. The van der Waals surface area contributed by atoms with E-state index in [1.807, 2.05) is 30.3 Å². The number of rotatable bonds is 3. The van der Waals surface area contributed by atoms with Crippen LogP contribution in [0.25, 0.3) is 11.3 Å². The van der Waals surface area contributed by atoms with Crippen molar-refractivity contribution in [3.8, 4) is 17.0 Å².